The third-order valence-corrected chi connectivity index (χ3v) is 0.368. The van der Waals surface area contributed by atoms with Gasteiger partial charge in [-0.1, -0.05) is 5.16 Å². The third-order valence-electron chi connectivity index (χ3n) is 0.368. The van der Waals surface area contributed by atoms with Crippen LogP contribution in [0, 0.1) is 0 Å². The van der Waals surface area contributed by atoms with E-state index in [1.54, 1.807) is 6.92 Å². The predicted molar refractivity (Wildman–Crippen MR) is 27.8 cm³/mol. The molecule has 0 amide bonds. The summed E-state index contributed by atoms with van der Waals surface area (Å²) in [6.07, 6.45) is 1.38. The predicted octanol–water partition coefficient (Wildman–Crippen LogP) is 0.0933. The van der Waals surface area contributed by atoms with Gasteiger partial charge in [0.15, 0.2) is 0 Å². The van der Waals surface area contributed by atoms with Crippen LogP contribution in [0.4, 0.5) is 0 Å². The summed E-state index contributed by atoms with van der Waals surface area (Å²) in [6.45, 7) is 1.27. The lowest BCUT2D eigenvalue weighted by molar-refractivity contribution is -0.142. The van der Waals surface area contributed by atoms with Crippen molar-refractivity contribution in [2.24, 2.45) is 5.16 Å². The van der Waals surface area contributed by atoms with E-state index in [4.69, 9.17) is 5.11 Å². The second-order valence-corrected chi connectivity index (χ2v) is 1.03. The molecule has 0 aliphatic heterocycles. The molecule has 46 valence electrons. The lowest BCUT2D eigenvalue weighted by atomic mass is 10.8. The van der Waals surface area contributed by atoms with Crippen LogP contribution in [-0.2, 0) is 9.63 Å². The number of carbonyl (C=O) groups is 1. The van der Waals surface area contributed by atoms with E-state index in [0.29, 0.717) is 0 Å². The molecule has 0 spiro atoms. The van der Waals surface area contributed by atoms with Crippen LogP contribution in [0.2, 0.25) is 0 Å². The summed E-state index contributed by atoms with van der Waals surface area (Å²) in [7, 11) is 0. The Kier molecular flexibility index (Phi) is 3.56. The van der Waals surface area contributed by atoms with Crippen molar-refractivity contribution in [1.29, 1.82) is 0 Å². The molecule has 0 aromatic carbocycles. The van der Waals surface area contributed by atoms with E-state index in [9.17, 15) is 4.79 Å². The smallest absolute Gasteiger partial charge is 0.344 e. The summed E-state index contributed by atoms with van der Waals surface area (Å²) in [4.78, 5) is 13.9. The van der Waals surface area contributed by atoms with Crippen LogP contribution in [0.3, 0.4) is 0 Å². The van der Waals surface area contributed by atoms with Crippen molar-refractivity contribution in [3.8, 4) is 0 Å². The van der Waals surface area contributed by atoms with Gasteiger partial charge in [-0.3, -0.25) is 0 Å². The standard InChI is InChI=1S/C4H7NO3/c1-2-5-8-3-4(6)7/h2H,3H2,1H3,(H,6,7). The Morgan fingerprint density at radius 3 is 3.00 bits per heavy atom. The second-order valence-electron chi connectivity index (χ2n) is 1.03. The van der Waals surface area contributed by atoms with Crippen LogP contribution >= 0.6 is 0 Å². The lowest BCUT2D eigenvalue weighted by Crippen LogP contribution is -2.02. The summed E-state index contributed by atoms with van der Waals surface area (Å²) in [5, 5.41) is 11.1. The topological polar surface area (TPSA) is 58.9 Å². The van der Waals surface area contributed by atoms with E-state index in [0.717, 1.165) is 0 Å². The van der Waals surface area contributed by atoms with E-state index in [-0.39, 0.29) is 6.61 Å². The maximum Gasteiger partial charge on any atom is 0.344 e. The number of carboxylic acid groups (broad SMARTS) is 1. The molecule has 0 heterocycles. The number of rotatable bonds is 3. The van der Waals surface area contributed by atoms with Gasteiger partial charge in [0.05, 0.1) is 0 Å². The van der Waals surface area contributed by atoms with Gasteiger partial charge >= 0.3 is 5.97 Å². The van der Waals surface area contributed by atoms with E-state index >= 15 is 0 Å². The normalized spacial score (nSPS) is 9.62. The second kappa shape index (κ2) is 4.11. The van der Waals surface area contributed by atoms with Crippen LogP contribution in [-0.4, -0.2) is 23.9 Å². The van der Waals surface area contributed by atoms with Gasteiger partial charge in [0.1, 0.15) is 0 Å². The minimum atomic E-state index is -1.02. The van der Waals surface area contributed by atoms with Crippen LogP contribution in [0.1, 0.15) is 6.92 Å². The molecule has 1 N–H and O–H groups in total. The molecule has 0 saturated carbocycles. The van der Waals surface area contributed by atoms with Gasteiger partial charge in [0.25, 0.3) is 0 Å². The first-order valence-electron chi connectivity index (χ1n) is 2.09. The number of aliphatic carboxylic acids is 1. The molecule has 0 aliphatic carbocycles. The Bertz CT molecular complexity index is 99.5. The van der Waals surface area contributed by atoms with Crippen molar-refractivity contribution >= 4 is 12.2 Å². The first-order valence-corrected chi connectivity index (χ1v) is 2.09. The molecule has 0 unspecified atom stereocenters. The average molecular weight is 117 g/mol. The summed E-state index contributed by atoms with van der Waals surface area (Å²) < 4.78 is 0. The minimum Gasteiger partial charge on any atom is -0.479 e. The highest BCUT2D eigenvalue weighted by atomic mass is 16.6. The maximum absolute atomic E-state index is 9.68. The van der Waals surface area contributed by atoms with Crippen molar-refractivity contribution in [1.82, 2.24) is 0 Å². The first kappa shape index (κ1) is 6.94. The Morgan fingerprint density at radius 2 is 2.62 bits per heavy atom. The number of nitrogens with zero attached hydrogens (tertiary/aromatic N) is 1. The Balaban J connectivity index is 3.05. The van der Waals surface area contributed by atoms with Crippen molar-refractivity contribution in [2.45, 2.75) is 6.92 Å². The van der Waals surface area contributed by atoms with Gasteiger partial charge in [0, 0.05) is 6.21 Å². The van der Waals surface area contributed by atoms with Crippen LogP contribution in [0.5, 0.6) is 0 Å². The zero-order chi connectivity index (χ0) is 6.41. The average Bonchev–Trinajstić information content (AvgIpc) is 1.66. The van der Waals surface area contributed by atoms with Gasteiger partial charge in [-0.15, -0.1) is 0 Å². The molecule has 0 bridgehead atoms. The molecule has 0 aliphatic rings. The summed E-state index contributed by atoms with van der Waals surface area (Å²) in [5.74, 6) is -1.02. The van der Waals surface area contributed by atoms with E-state index in [1.807, 2.05) is 0 Å². The molecule has 4 nitrogen and oxygen atoms in total. The zero-order valence-electron chi connectivity index (χ0n) is 4.50. The molecule has 0 rings (SSSR count). The van der Waals surface area contributed by atoms with Gasteiger partial charge in [0.2, 0.25) is 6.61 Å². The van der Waals surface area contributed by atoms with Crippen LogP contribution in [0.15, 0.2) is 5.16 Å². The van der Waals surface area contributed by atoms with Crippen LogP contribution < -0.4 is 0 Å². The van der Waals surface area contributed by atoms with Gasteiger partial charge < -0.3 is 9.94 Å². The third kappa shape index (κ3) is 4.94. The highest BCUT2D eigenvalue weighted by Crippen LogP contribution is 1.71. The largest absolute Gasteiger partial charge is 0.479 e. The molecular weight excluding hydrogens is 110 g/mol. The Labute approximate surface area is 46.8 Å². The monoisotopic (exact) mass is 117 g/mol. The van der Waals surface area contributed by atoms with Crippen molar-refractivity contribution in [3.05, 3.63) is 0 Å². The number of oxime groups is 1. The molecule has 4 heteroatoms. The Hall–Kier alpha value is -1.06. The molecule has 0 fully saturated rings. The van der Waals surface area contributed by atoms with Crippen LogP contribution in [0.25, 0.3) is 0 Å². The lowest BCUT2D eigenvalue weighted by Gasteiger charge is -1.88. The molecule has 0 radical (unpaired) electrons. The van der Waals surface area contributed by atoms with Gasteiger partial charge in [-0.25, -0.2) is 4.79 Å². The fraction of sp³-hybridized carbons (Fsp3) is 0.500. The SMILES string of the molecule is CC=NOCC(=O)O. The zero-order valence-corrected chi connectivity index (χ0v) is 4.50. The number of carboxylic acids is 1. The van der Waals surface area contributed by atoms with Crippen molar-refractivity contribution in [3.63, 3.8) is 0 Å². The maximum atomic E-state index is 9.68. The van der Waals surface area contributed by atoms with E-state index in [1.165, 1.54) is 6.21 Å². The first-order chi connectivity index (χ1) is 3.77. The number of hydrogen-bond donors (Lipinski definition) is 1. The van der Waals surface area contributed by atoms with E-state index < -0.39 is 5.97 Å². The molecule has 0 atom stereocenters. The molecule has 8 heavy (non-hydrogen) atoms. The molecular formula is C4H7NO3. The fourth-order valence-corrected chi connectivity index (χ4v) is 0.167. The molecule has 0 aromatic heterocycles. The van der Waals surface area contributed by atoms with Crippen molar-refractivity contribution in [2.75, 3.05) is 6.61 Å². The number of hydrogen-bond acceptors (Lipinski definition) is 3. The summed E-state index contributed by atoms with van der Waals surface area (Å²) in [5.41, 5.74) is 0. The highest BCUT2D eigenvalue weighted by Gasteiger charge is 1.91. The molecule has 0 saturated heterocycles. The minimum absolute atomic E-state index is 0.371. The quantitative estimate of drug-likeness (QED) is 0.421. The Morgan fingerprint density at radius 1 is 2.00 bits per heavy atom. The van der Waals surface area contributed by atoms with Gasteiger partial charge in [-0.05, 0) is 6.92 Å². The van der Waals surface area contributed by atoms with Crippen molar-refractivity contribution < 1.29 is 14.7 Å². The van der Waals surface area contributed by atoms with Gasteiger partial charge in [-0.2, -0.15) is 0 Å². The van der Waals surface area contributed by atoms with E-state index in [2.05, 4.69) is 9.99 Å². The highest BCUT2D eigenvalue weighted by molar-refractivity contribution is 5.68. The fourth-order valence-electron chi connectivity index (χ4n) is 0.167. The summed E-state index contributed by atoms with van der Waals surface area (Å²) in [6, 6.07) is 0. The molecule has 0 aromatic rings. The summed E-state index contributed by atoms with van der Waals surface area (Å²) >= 11 is 0.